The molecule has 0 atom stereocenters. The van der Waals surface area contributed by atoms with E-state index < -0.39 is 0 Å². The van der Waals surface area contributed by atoms with Gasteiger partial charge in [-0.1, -0.05) is 0 Å². The van der Waals surface area contributed by atoms with Crippen LogP contribution in [-0.4, -0.2) is 0 Å². The van der Waals surface area contributed by atoms with E-state index in [1.54, 1.807) is 0 Å². The first-order valence-electron chi connectivity index (χ1n) is 2.63. The summed E-state index contributed by atoms with van der Waals surface area (Å²) in [4.78, 5) is 2.29. The Bertz CT molecular complexity index is 90.6. The van der Waals surface area contributed by atoms with Crippen LogP contribution in [0, 0.1) is 0 Å². The minimum absolute atomic E-state index is 0.323. The van der Waals surface area contributed by atoms with E-state index in [-0.39, 0.29) is 14.1 Å². The average Bonchev–Trinajstić information content (AvgIpc) is 1.66. The van der Waals surface area contributed by atoms with Gasteiger partial charge in [-0.05, 0) is 0 Å². The molecule has 0 saturated heterocycles. The van der Waals surface area contributed by atoms with Crippen LogP contribution < -0.4 is 0 Å². The van der Waals surface area contributed by atoms with E-state index in [9.17, 15) is 0 Å². The molecule has 0 aromatic heterocycles. The predicted octanol–water partition coefficient (Wildman–Crippen LogP) is 2.79. The second kappa shape index (κ2) is 5.16. The van der Waals surface area contributed by atoms with E-state index in [2.05, 4.69) is 28.7 Å². The summed E-state index contributed by atoms with van der Waals surface area (Å²) in [6.07, 6.45) is 6.25. The van der Waals surface area contributed by atoms with Gasteiger partial charge in [0.25, 0.3) is 0 Å². The molecule has 0 unspecified atom stereocenters. The summed E-state index contributed by atoms with van der Waals surface area (Å²) in [5.41, 5.74) is 0. The molecule has 0 aliphatic carbocycles. The zero-order valence-electron chi connectivity index (χ0n) is 5.72. The predicted molar refractivity (Wildman–Crippen MR) is 35.7 cm³/mol. The quantitative estimate of drug-likeness (QED) is 0.529. The van der Waals surface area contributed by atoms with Gasteiger partial charge in [0.1, 0.15) is 0 Å². The molecule has 0 aliphatic heterocycles. The summed E-state index contributed by atoms with van der Waals surface area (Å²) in [5, 5.41) is 0. The molecule has 0 N–H and O–H groups in total. The standard InChI is InChI=1S/C5H7.2CH3.Cr/c1-3-5-4-2;;;/h1,3-5H,2H3;2*1H3;. The molecule has 0 aromatic rings. The van der Waals surface area contributed by atoms with E-state index in [0.29, 0.717) is 0 Å². The molecule has 0 saturated carbocycles. The molecule has 0 fully saturated rings. The van der Waals surface area contributed by atoms with Crippen molar-refractivity contribution in [3.05, 3.63) is 23.2 Å². The molecule has 0 aromatic carbocycles. The van der Waals surface area contributed by atoms with Crippen molar-refractivity contribution < 1.29 is 14.1 Å². The molecular formula is C7H13Cr. The Balaban J connectivity index is 3.34. The van der Waals surface area contributed by atoms with E-state index in [1.807, 2.05) is 13.0 Å². The Morgan fingerprint density at radius 2 is 1.75 bits per heavy atom. The van der Waals surface area contributed by atoms with Crippen molar-refractivity contribution in [2.24, 2.45) is 0 Å². The monoisotopic (exact) mass is 149 g/mol. The molecule has 0 amide bonds. The normalized spacial score (nSPS) is 12.5. The van der Waals surface area contributed by atoms with Gasteiger partial charge < -0.3 is 0 Å². The Kier molecular flexibility index (Phi) is 5.16. The molecule has 0 aliphatic rings. The van der Waals surface area contributed by atoms with Crippen molar-refractivity contribution >= 4 is 0 Å². The first kappa shape index (κ1) is 8.01. The second-order valence-corrected chi connectivity index (χ2v) is 4.91. The molecule has 8 heavy (non-hydrogen) atoms. The van der Waals surface area contributed by atoms with Crippen molar-refractivity contribution in [2.75, 3.05) is 0 Å². The third-order valence-corrected chi connectivity index (χ3v) is 1.75. The molecule has 0 heterocycles. The first-order valence-corrected chi connectivity index (χ1v) is 5.92. The zero-order valence-corrected chi connectivity index (χ0v) is 6.99. The Morgan fingerprint density at radius 1 is 1.12 bits per heavy atom. The van der Waals surface area contributed by atoms with Crippen LogP contribution >= 0.6 is 0 Å². The number of allylic oxidation sites excluding steroid dienone is 3. The van der Waals surface area contributed by atoms with Crippen LogP contribution in [0.3, 0.4) is 0 Å². The minimum atomic E-state index is -0.323. The molecule has 1 heteroatoms. The SMILES string of the molecule is CC=CC=[CH][Cr]([CH3])[CH3]. The van der Waals surface area contributed by atoms with Gasteiger partial charge in [0.05, 0.1) is 0 Å². The molecule has 0 bridgehead atoms. The molecule has 0 spiro atoms. The fourth-order valence-electron chi connectivity index (χ4n) is 0.314. The summed E-state index contributed by atoms with van der Waals surface area (Å²) < 4.78 is 0. The zero-order chi connectivity index (χ0) is 6.41. The van der Waals surface area contributed by atoms with Crippen molar-refractivity contribution in [1.82, 2.24) is 0 Å². The number of hydrogen-bond acceptors (Lipinski definition) is 0. The second-order valence-electron chi connectivity index (χ2n) is 1.73. The fourth-order valence-corrected chi connectivity index (χ4v) is 0.946. The summed E-state index contributed by atoms with van der Waals surface area (Å²) in [5.74, 6) is 4.58. The van der Waals surface area contributed by atoms with E-state index in [4.69, 9.17) is 0 Å². The Hall–Kier alpha value is 0.0125. The van der Waals surface area contributed by atoms with E-state index in [1.165, 1.54) is 0 Å². The maximum atomic E-state index is 2.29. The molecule has 47 valence electrons. The van der Waals surface area contributed by atoms with Crippen LogP contribution in [0.4, 0.5) is 0 Å². The average molecular weight is 149 g/mol. The summed E-state index contributed by atoms with van der Waals surface area (Å²) in [6.45, 7) is 2.03. The van der Waals surface area contributed by atoms with Gasteiger partial charge in [-0.25, -0.2) is 0 Å². The van der Waals surface area contributed by atoms with Crippen LogP contribution in [0.15, 0.2) is 23.2 Å². The van der Waals surface area contributed by atoms with Gasteiger partial charge in [-0.15, -0.1) is 0 Å². The van der Waals surface area contributed by atoms with Crippen LogP contribution in [0.1, 0.15) is 6.92 Å². The van der Waals surface area contributed by atoms with Gasteiger partial charge in [-0.3, -0.25) is 0 Å². The van der Waals surface area contributed by atoms with Crippen LogP contribution in [-0.2, 0) is 14.1 Å². The maximum absolute atomic E-state index is 2.29. The van der Waals surface area contributed by atoms with Crippen molar-refractivity contribution in [3.8, 4) is 0 Å². The van der Waals surface area contributed by atoms with Gasteiger partial charge >= 0.3 is 55.8 Å². The van der Waals surface area contributed by atoms with Gasteiger partial charge in [-0.2, -0.15) is 0 Å². The third-order valence-electron chi connectivity index (χ3n) is 0.654. The number of rotatable bonds is 2. The number of hydrogen-bond donors (Lipinski definition) is 0. The van der Waals surface area contributed by atoms with Crippen molar-refractivity contribution in [3.63, 3.8) is 0 Å². The summed E-state index contributed by atoms with van der Waals surface area (Å²) in [6, 6.07) is 0. The van der Waals surface area contributed by atoms with Gasteiger partial charge in [0.15, 0.2) is 0 Å². The van der Waals surface area contributed by atoms with Crippen molar-refractivity contribution in [2.45, 2.75) is 18.5 Å². The first-order chi connectivity index (χ1) is 3.77. The van der Waals surface area contributed by atoms with Crippen molar-refractivity contribution in [1.29, 1.82) is 0 Å². The topological polar surface area (TPSA) is 0 Å². The molecule has 0 rings (SSSR count). The van der Waals surface area contributed by atoms with Crippen LogP contribution in [0.5, 0.6) is 0 Å². The Labute approximate surface area is 56.3 Å². The van der Waals surface area contributed by atoms with Crippen LogP contribution in [0.25, 0.3) is 0 Å². The van der Waals surface area contributed by atoms with E-state index in [0.717, 1.165) is 0 Å². The molecular weight excluding hydrogens is 136 g/mol. The fraction of sp³-hybridized carbons (Fsp3) is 0.429. The molecule has 0 nitrogen and oxygen atoms in total. The third kappa shape index (κ3) is 6.01. The Morgan fingerprint density at radius 3 is 2.12 bits per heavy atom. The van der Waals surface area contributed by atoms with Crippen LogP contribution in [0.2, 0.25) is 11.6 Å². The van der Waals surface area contributed by atoms with E-state index >= 15 is 0 Å². The van der Waals surface area contributed by atoms with Gasteiger partial charge in [0.2, 0.25) is 0 Å². The summed E-state index contributed by atoms with van der Waals surface area (Å²) >= 11 is -0.323. The summed E-state index contributed by atoms with van der Waals surface area (Å²) in [7, 11) is 0. The van der Waals surface area contributed by atoms with Gasteiger partial charge in [0, 0.05) is 0 Å². The molecule has 0 radical (unpaired) electrons.